The van der Waals surface area contributed by atoms with Crippen LogP contribution in [0.25, 0.3) is 0 Å². The molecule has 1 aromatic carbocycles. The average molecular weight is 313 g/mol. The van der Waals surface area contributed by atoms with Gasteiger partial charge >= 0.3 is 0 Å². The molecule has 0 bridgehead atoms. The number of rotatable bonds is 4. The molecule has 0 N–H and O–H groups in total. The standard InChI is InChI=1S/C21H32N2/c1-17(23-10-4-5-11-23)19-8-12-22(13-9-19)16-18-14-20-6-2-3-7-21(20)15-18/h2-3,6-7,17-19H,4-5,8-16H2,1H3. The van der Waals surface area contributed by atoms with Crippen LogP contribution in [0.4, 0.5) is 0 Å². The van der Waals surface area contributed by atoms with Gasteiger partial charge in [0.15, 0.2) is 0 Å². The van der Waals surface area contributed by atoms with Gasteiger partial charge in [0.1, 0.15) is 0 Å². The number of hydrogen-bond donors (Lipinski definition) is 0. The van der Waals surface area contributed by atoms with Gasteiger partial charge in [0, 0.05) is 12.6 Å². The van der Waals surface area contributed by atoms with E-state index < -0.39 is 0 Å². The van der Waals surface area contributed by atoms with Crippen LogP contribution in [-0.4, -0.2) is 48.6 Å². The van der Waals surface area contributed by atoms with Crippen molar-refractivity contribution in [3.63, 3.8) is 0 Å². The molecule has 0 amide bonds. The fraction of sp³-hybridized carbons (Fsp3) is 0.714. The molecule has 0 radical (unpaired) electrons. The monoisotopic (exact) mass is 312 g/mol. The molecule has 1 aliphatic carbocycles. The molecule has 3 aliphatic rings. The fourth-order valence-electron chi connectivity index (χ4n) is 5.21. The lowest BCUT2D eigenvalue weighted by molar-refractivity contribution is 0.103. The third-order valence-electron chi connectivity index (χ3n) is 6.68. The molecular formula is C21H32N2. The lowest BCUT2D eigenvalue weighted by Crippen LogP contribution is -2.44. The molecule has 1 unspecified atom stereocenters. The van der Waals surface area contributed by atoms with E-state index in [1.165, 1.54) is 71.2 Å². The van der Waals surface area contributed by atoms with Crippen LogP contribution in [0.5, 0.6) is 0 Å². The Morgan fingerprint density at radius 2 is 1.57 bits per heavy atom. The first-order valence-electron chi connectivity index (χ1n) is 9.83. The van der Waals surface area contributed by atoms with Crippen LogP contribution in [0.3, 0.4) is 0 Å². The van der Waals surface area contributed by atoms with Crippen molar-refractivity contribution in [1.29, 1.82) is 0 Å². The number of benzene rings is 1. The van der Waals surface area contributed by atoms with Crippen LogP contribution in [0, 0.1) is 11.8 Å². The van der Waals surface area contributed by atoms with Crippen molar-refractivity contribution in [3.05, 3.63) is 35.4 Å². The summed E-state index contributed by atoms with van der Waals surface area (Å²) in [6, 6.07) is 9.88. The van der Waals surface area contributed by atoms with Crippen molar-refractivity contribution in [2.45, 2.75) is 51.5 Å². The highest BCUT2D eigenvalue weighted by Crippen LogP contribution is 2.30. The predicted octanol–water partition coefficient (Wildman–Crippen LogP) is 3.60. The van der Waals surface area contributed by atoms with Gasteiger partial charge in [-0.1, -0.05) is 24.3 Å². The quantitative estimate of drug-likeness (QED) is 0.838. The summed E-state index contributed by atoms with van der Waals surface area (Å²) in [4.78, 5) is 5.50. The van der Waals surface area contributed by atoms with Crippen molar-refractivity contribution >= 4 is 0 Å². The minimum atomic E-state index is 0.815. The van der Waals surface area contributed by atoms with Crippen molar-refractivity contribution < 1.29 is 0 Å². The van der Waals surface area contributed by atoms with Crippen molar-refractivity contribution in [2.24, 2.45) is 11.8 Å². The summed E-state index contributed by atoms with van der Waals surface area (Å²) in [5.41, 5.74) is 3.21. The zero-order chi connectivity index (χ0) is 15.6. The number of nitrogens with zero attached hydrogens (tertiary/aromatic N) is 2. The Kier molecular flexibility index (Phi) is 4.73. The van der Waals surface area contributed by atoms with Crippen LogP contribution in [0.1, 0.15) is 43.7 Å². The smallest absolute Gasteiger partial charge is 0.00961 e. The van der Waals surface area contributed by atoms with Gasteiger partial charge < -0.3 is 9.80 Å². The van der Waals surface area contributed by atoms with Crippen LogP contribution >= 0.6 is 0 Å². The molecule has 126 valence electrons. The number of likely N-dealkylation sites (tertiary alicyclic amines) is 2. The summed E-state index contributed by atoms with van der Waals surface area (Å²) in [5.74, 6) is 1.80. The Labute approximate surface area is 141 Å². The highest BCUT2D eigenvalue weighted by molar-refractivity contribution is 5.32. The number of fused-ring (bicyclic) bond motifs is 1. The normalized spacial score (nSPS) is 25.8. The van der Waals surface area contributed by atoms with Crippen LogP contribution in [-0.2, 0) is 12.8 Å². The van der Waals surface area contributed by atoms with Gasteiger partial charge in [0.05, 0.1) is 0 Å². The van der Waals surface area contributed by atoms with E-state index in [2.05, 4.69) is 41.0 Å². The summed E-state index contributed by atoms with van der Waals surface area (Å²) in [6.45, 7) is 9.16. The van der Waals surface area contributed by atoms with E-state index in [9.17, 15) is 0 Å². The van der Waals surface area contributed by atoms with Crippen molar-refractivity contribution in [3.8, 4) is 0 Å². The molecule has 2 saturated heterocycles. The topological polar surface area (TPSA) is 6.48 Å². The molecule has 2 nitrogen and oxygen atoms in total. The lowest BCUT2D eigenvalue weighted by Gasteiger charge is -2.39. The Morgan fingerprint density at radius 1 is 0.957 bits per heavy atom. The second-order valence-electron chi connectivity index (χ2n) is 8.16. The van der Waals surface area contributed by atoms with Crippen molar-refractivity contribution in [1.82, 2.24) is 9.80 Å². The Balaban J connectivity index is 1.24. The first kappa shape index (κ1) is 15.7. The maximum atomic E-state index is 2.75. The van der Waals surface area contributed by atoms with E-state index in [0.29, 0.717) is 0 Å². The molecule has 2 aliphatic heterocycles. The first-order valence-corrected chi connectivity index (χ1v) is 9.83. The summed E-state index contributed by atoms with van der Waals surface area (Å²) < 4.78 is 0. The van der Waals surface area contributed by atoms with E-state index in [-0.39, 0.29) is 0 Å². The summed E-state index contributed by atoms with van der Waals surface area (Å²) in [6.07, 6.45) is 8.28. The summed E-state index contributed by atoms with van der Waals surface area (Å²) >= 11 is 0. The van der Waals surface area contributed by atoms with Gasteiger partial charge in [-0.15, -0.1) is 0 Å². The molecule has 23 heavy (non-hydrogen) atoms. The third kappa shape index (κ3) is 3.49. The maximum Gasteiger partial charge on any atom is 0.00961 e. The van der Waals surface area contributed by atoms with Gasteiger partial charge in [-0.3, -0.25) is 0 Å². The zero-order valence-corrected chi connectivity index (χ0v) is 14.7. The highest BCUT2D eigenvalue weighted by Gasteiger charge is 2.30. The number of hydrogen-bond acceptors (Lipinski definition) is 2. The van der Waals surface area contributed by atoms with E-state index in [0.717, 1.165) is 17.9 Å². The van der Waals surface area contributed by atoms with Crippen LogP contribution in [0.2, 0.25) is 0 Å². The summed E-state index contributed by atoms with van der Waals surface area (Å²) in [7, 11) is 0. The molecule has 1 atom stereocenters. The van der Waals surface area contributed by atoms with E-state index >= 15 is 0 Å². The molecule has 2 heterocycles. The molecular weight excluding hydrogens is 280 g/mol. The molecule has 2 fully saturated rings. The minimum Gasteiger partial charge on any atom is -0.303 e. The van der Waals surface area contributed by atoms with Crippen molar-refractivity contribution in [2.75, 3.05) is 32.7 Å². The molecule has 2 heteroatoms. The van der Waals surface area contributed by atoms with Crippen LogP contribution in [0.15, 0.2) is 24.3 Å². The predicted molar refractivity (Wildman–Crippen MR) is 96.8 cm³/mol. The van der Waals surface area contributed by atoms with E-state index in [4.69, 9.17) is 0 Å². The van der Waals surface area contributed by atoms with Gasteiger partial charge in [0.25, 0.3) is 0 Å². The first-order chi connectivity index (χ1) is 11.3. The average Bonchev–Trinajstić information content (AvgIpc) is 3.24. The largest absolute Gasteiger partial charge is 0.303 e. The Hall–Kier alpha value is -0.860. The number of piperidine rings is 1. The molecule has 0 spiro atoms. The second-order valence-corrected chi connectivity index (χ2v) is 8.16. The van der Waals surface area contributed by atoms with Gasteiger partial charge in [-0.2, -0.15) is 0 Å². The van der Waals surface area contributed by atoms with Gasteiger partial charge in [-0.05, 0) is 94.6 Å². The zero-order valence-electron chi connectivity index (χ0n) is 14.7. The van der Waals surface area contributed by atoms with E-state index in [1.54, 1.807) is 11.1 Å². The molecule has 0 aromatic heterocycles. The lowest BCUT2D eigenvalue weighted by atomic mass is 9.89. The fourth-order valence-corrected chi connectivity index (χ4v) is 5.21. The highest BCUT2D eigenvalue weighted by atomic mass is 15.2. The van der Waals surface area contributed by atoms with Gasteiger partial charge in [0.2, 0.25) is 0 Å². The SMILES string of the molecule is CC(C1CCN(CC2Cc3ccccc3C2)CC1)N1CCCC1. The molecule has 0 saturated carbocycles. The van der Waals surface area contributed by atoms with E-state index in [1.807, 2.05) is 0 Å². The Bertz CT molecular complexity index is 487. The third-order valence-corrected chi connectivity index (χ3v) is 6.68. The van der Waals surface area contributed by atoms with Gasteiger partial charge in [-0.25, -0.2) is 0 Å². The minimum absolute atomic E-state index is 0.815. The second kappa shape index (κ2) is 6.94. The molecule has 4 rings (SSSR count). The van der Waals surface area contributed by atoms with Crippen LogP contribution < -0.4 is 0 Å². The Morgan fingerprint density at radius 3 is 2.17 bits per heavy atom. The molecule has 1 aromatic rings. The summed E-state index contributed by atoms with van der Waals surface area (Å²) in [5, 5.41) is 0. The maximum absolute atomic E-state index is 2.75.